The number of carbonyl (C=O) groups is 3. The van der Waals surface area contributed by atoms with Gasteiger partial charge in [-0.1, -0.05) is 54.6 Å². The van der Waals surface area contributed by atoms with E-state index in [0.717, 1.165) is 70.9 Å². The maximum atomic E-state index is 15.2. The predicted octanol–water partition coefficient (Wildman–Crippen LogP) is 6.79. The van der Waals surface area contributed by atoms with Crippen LogP contribution in [-0.4, -0.2) is 94.8 Å². The second-order valence-electron chi connectivity index (χ2n) is 15.3. The van der Waals surface area contributed by atoms with Gasteiger partial charge in [-0.05, 0) is 90.0 Å². The van der Waals surface area contributed by atoms with Crippen molar-refractivity contribution in [3.63, 3.8) is 0 Å². The lowest BCUT2D eigenvalue weighted by Gasteiger charge is -2.41. The second-order valence-corrected chi connectivity index (χ2v) is 15.3. The molecule has 0 radical (unpaired) electrons. The van der Waals surface area contributed by atoms with E-state index in [1.54, 1.807) is 11.9 Å². The van der Waals surface area contributed by atoms with Gasteiger partial charge < -0.3 is 33.8 Å². The van der Waals surface area contributed by atoms with Gasteiger partial charge in [0.15, 0.2) is 0 Å². The van der Waals surface area contributed by atoms with E-state index in [2.05, 4.69) is 29.2 Å². The van der Waals surface area contributed by atoms with Gasteiger partial charge in [0.25, 0.3) is 11.8 Å². The highest BCUT2D eigenvalue weighted by atomic mass is 16.5. The Bertz CT molecular complexity index is 2280. The molecule has 1 saturated heterocycles. The lowest BCUT2D eigenvalue weighted by molar-refractivity contribution is 0.0193. The number of hydrogen-bond acceptors (Lipinski definition) is 6. The van der Waals surface area contributed by atoms with Crippen molar-refractivity contribution in [2.75, 3.05) is 51.3 Å². The highest BCUT2D eigenvalue weighted by Crippen LogP contribution is 2.36. The summed E-state index contributed by atoms with van der Waals surface area (Å²) in [6, 6.07) is 31.6. The molecule has 3 aliphatic rings. The summed E-state index contributed by atoms with van der Waals surface area (Å²) in [5.41, 5.74) is 9.31. The zero-order valence-electron chi connectivity index (χ0n) is 32.8. The van der Waals surface area contributed by atoms with Crippen LogP contribution in [0.15, 0.2) is 97.1 Å². The summed E-state index contributed by atoms with van der Waals surface area (Å²) in [6.07, 6.45) is 0.291. The minimum atomic E-state index is -0.976. The van der Waals surface area contributed by atoms with Crippen LogP contribution in [0.2, 0.25) is 0 Å². The van der Waals surface area contributed by atoms with Gasteiger partial charge in [0, 0.05) is 87.6 Å². The summed E-state index contributed by atoms with van der Waals surface area (Å²) in [4.78, 5) is 48.9. The molecule has 4 aromatic carbocycles. The van der Waals surface area contributed by atoms with Gasteiger partial charge in [0.2, 0.25) is 0 Å². The molecule has 0 bridgehead atoms. The second kappa shape index (κ2) is 16.3. The fraction of sp³-hybridized carbons (Fsp3) is 0.326. The van der Waals surface area contributed by atoms with Crippen molar-refractivity contribution in [3.05, 3.63) is 142 Å². The van der Waals surface area contributed by atoms with E-state index in [4.69, 9.17) is 9.47 Å². The Kier molecular flexibility index (Phi) is 10.9. The van der Waals surface area contributed by atoms with Crippen molar-refractivity contribution >= 4 is 23.6 Å². The summed E-state index contributed by atoms with van der Waals surface area (Å²) >= 11 is 0. The Hall–Kier alpha value is -5.91. The highest BCUT2D eigenvalue weighted by molar-refractivity contribution is 6.08. The number of anilines is 1. The molecule has 1 N–H and O–H groups in total. The molecule has 0 aliphatic carbocycles. The fourth-order valence-corrected chi connectivity index (χ4v) is 8.37. The normalized spacial score (nSPS) is 16.8. The molecule has 0 spiro atoms. The summed E-state index contributed by atoms with van der Waals surface area (Å²) < 4.78 is 13.6. The minimum absolute atomic E-state index is 0.0686. The Labute approximate surface area is 333 Å². The Balaban J connectivity index is 1.12. The Morgan fingerprint density at radius 3 is 2.28 bits per heavy atom. The standard InChI is InChI=1S/C46H49N5O6/c1-31-40(44(52)48(3)37-13-15-39(16-14-37)57-30-32-9-5-4-6-10-32)26-43(47(31)2)41-24-34-17-18-50(46(54)55)27-36(34)25-42(41)45(53)51-28-35-12-8-7-11-33(35)23-38(51)29-49-19-21-56-22-20-49/h4-16,24-26,38H,17-23,27-30H2,1-3H3,(H,54,55)/t38-/m0/s1. The van der Waals surface area contributed by atoms with Gasteiger partial charge >= 0.3 is 6.09 Å². The summed E-state index contributed by atoms with van der Waals surface area (Å²) in [6.45, 7) is 7.13. The van der Waals surface area contributed by atoms with Crippen molar-refractivity contribution in [2.45, 2.75) is 45.5 Å². The molecule has 294 valence electrons. The molecular formula is C46H49N5O6. The molecule has 57 heavy (non-hydrogen) atoms. The highest BCUT2D eigenvalue weighted by Gasteiger charge is 2.35. The monoisotopic (exact) mass is 767 g/mol. The van der Waals surface area contributed by atoms with Gasteiger partial charge in [-0.25, -0.2) is 4.79 Å². The van der Waals surface area contributed by atoms with Crippen molar-refractivity contribution in [1.82, 2.24) is 19.3 Å². The largest absolute Gasteiger partial charge is 0.489 e. The first kappa shape index (κ1) is 38.0. The molecule has 0 saturated carbocycles. The zero-order valence-corrected chi connectivity index (χ0v) is 32.8. The molecule has 5 aromatic rings. The van der Waals surface area contributed by atoms with Gasteiger partial charge in [-0.2, -0.15) is 0 Å². The lowest BCUT2D eigenvalue weighted by Crippen LogP contribution is -2.52. The van der Waals surface area contributed by atoms with Crippen LogP contribution in [0.3, 0.4) is 0 Å². The van der Waals surface area contributed by atoms with E-state index in [9.17, 15) is 14.7 Å². The zero-order chi connectivity index (χ0) is 39.6. The number of morpholine rings is 1. The quantitative estimate of drug-likeness (QED) is 0.176. The van der Waals surface area contributed by atoms with Crippen molar-refractivity contribution < 1.29 is 29.0 Å². The van der Waals surface area contributed by atoms with Gasteiger partial charge in [-0.3, -0.25) is 14.5 Å². The third kappa shape index (κ3) is 7.90. The molecular weight excluding hydrogens is 719 g/mol. The van der Waals surface area contributed by atoms with Crippen LogP contribution >= 0.6 is 0 Å². The number of carbonyl (C=O) groups excluding carboxylic acids is 2. The summed E-state index contributed by atoms with van der Waals surface area (Å²) in [7, 11) is 3.69. The number of ether oxygens (including phenoxy) is 2. The van der Waals surface area contributed by atoms with Gasteiger partial charge in [0.05, 0.1) is 18.8 Å². The molecule has 4 heterocycles. The molecule has 1 atom stereocenters. The molecule has 11 nitrogen and oxygen atoms in total. The van der Waals surface area contributed by atoms with Crippen LogP contribution in [0.1, 0.15) is 54.2 Å². The van der Waals surface area contributed by atoms with E-state index in [0.29, 0.717) is 56.2 Å². The molecule has 8 rings (SSSR count). The van der Waals surface area contributed by atoms with E-state index in [1.165, 1.54) is 10.5 Å². The van der Waals surface area contributed by atoms with E-state index >= 15 is 4.79 Å². The number of aromatic nitrogens is 1. The molecule has 1 fully saturated rings. The Morgan fingerprint density at radius 2 is 1.54 bits per heavy atom. The number of benzene rings is 4. The minimum Gasteiger partial charge on any atom is -0.489 e. The van der Waals surface area contributed by atoms with E-state index in [-0.39, 0.29) is 24.4 Å². The molecule has 3 amide bonds. The molecule has 3 aliphatic heterocycles. The van der Waals surface area contributed by atoms with E-state index in [1.807, 2.05) is 96.2 Å². The van der Waals surface area contributed by atoms with Crippen LogP contribution in [0.25, 0.3) is 11.3 Å². The van der Waals surface area contributed by atoms with Gasteiger partial charge in [0.1, 0.15) is 12.4 Å². The average molecular weight is 768 g/mol. The summed E-state index contributed by atoms with van der Waals surface area (Å²) in [5, 5.41) is 9.88. The number of carboxylic acid groups (broad SMARTS) is 1. The summed E-state index contributed by atoms with van der Waals surface area (Å²) in [5.74, 6) is 0.432. The average Bonchev–Trinajstić information content (AvgIpc) is 3.54. The number of rotatable bonds is 9. The van der Waals surface area contributed by atoms with Crippen LogP contribution < -0.4 is 9.64 Å². The fourth-order valence-electron chi connectivity index (χ4n) is 8.37. The van der Waals surface area contributed by atoms with Crippen molar-refractivity contribution in [1.29, 1.82) is 0 Å². The van der Waals surface area contributed by atoms with Crippen molar-refractivity contribution in [2.24, 2.45) is 7.05 Å². The maximum absolute atomic E-state index is 15.2. The molecule has 1 aromatic heterocycles. The number of nitrogens with zero attached hydrogens (tertiary/aromatic N) is 5. The third-order valence-corrected chi connectivity index (χ3v) is 11.9. The third-order valence-electron chi connectivity index (χ3n) is 11.9. The lowest BCUT2D eigenvalue weighted by atomic mass is 9.89. The number of fused-ring (bicyclic) bond motifs is 2. The topological polar surface area (TPSA) is 108 Å². The van der Waals surface area contributed by atoms with Gasteiger partial charge in [-0.15, -0.1) is 0 Å². The van der Waals surface area contributed by atoms with Crippen LogP contribution in [0.4, 0.5) is 10.5 Å². The first-order chi connectivity index (χ1) is 27.6. The molecule has 11 heteroatoms. The van der Waals surface area contributed by atoms with Crippen molar-refractivity contribution in [3.8, 4) is 17.0 Å². The SMILES string of the molecule is Cc1c(C(=O)N(C)c2ccc(OCc3ccccc3)cc2)cc(-c2cc3c(cc2C(=O)N2Cc4ccccc4C[C@H]2CN2CCOCC2)CN(C(=O)O)CC3)n1C. The Morgan fingerprint density at radius 1 is 0.825 bits per heavy atom. The first-order valence-corrected chi connectivity index (χ1v) is 19.7. The smallest absolute Gasteiger partial charge is 0.407 e. The maximum Gasteiger partial charge on any atom is 0.407 e. The number of hydrogen-bond donors (Lipinski definition) is 1. The van der Waals surface area contributed by atoms with Crippen LogP contribution in [-0.2, 0) is 44.3 Å². The van der Waals surface area contributed by atoms with Crippen LogP contribution in [0, 0.1) is 6.92 Å². The van der Waals surface area contributed by atoms with E-state index < -0.39 is 6.09 Å². The molecule has 0 unspecified atom stereocenters. The first-order valence-electron chi connectivity index (χ1n) is 19.7. The number of amides is 3. The predicted molar refractivity (Wildman–Crippen MR) is 219 cm³/mol. The van der Waals surface area contributed by atoms with Crippen LogP contribution in [0.5, 0.6) is 5.75 Å².